The van der Waals surface area contributed by atoms with Crippen LogP contribution in [0.3, 0.4) is 0 Å². The molecule has 1 heterocycles. The van der Waals surface area contributed by atoms with Gasteiger partial charge in [0.2, 0.25) is 0 Å². The zero-order chi connectivity index (χ0) is 13.8. The molecule has 1 saturated carbocycles. The van der Waals surface area contributed by atoms with Crippen molar-refractivity contribution in [3.63, 3.8) is 0 Å². The Labute approximate surface area is 117 Å². The predicted octanol–water partition coefficient (Wildman–Crippen LogP) is 3.67. The second-order valence-electron chi connectivity index (χ2n) is 5.20. The molecule has 1 aromatic carbocycles. The van der Waals surface area contributed by atoms with Gasteiger partial charge in [0, 0.05) is 16.0 Å². The maximum absolute atomic E-state index is 14.3. The molecule has 0 bridgehead atoms. The molecule has 3 rings (SSSR count). The zero-order valence-electron chi connectivity index (χ0n) is 10.2. The molecule has 6 heteroatoms. The van der Waals surface area contributed by atoms with Gasteiger partial charge in [-0.25, -0.2) is 13.2 Å². The summed E-state index contributed by atoms with van der Waals surface area (Å²) in [5, 5.41) is 0. The maximum Gasteiger partial charge on any atom is 0.263 e. The van der Waals surface area contributed by atoms with Crippen LogP contribution in [0.2, 0.25) is 0 Å². The van der Waals surface area contributed by atoms with Crippen LogP contribution in [0.1, 0.15) is 24.0 Å². The topological polar surface area (TPSA) is 21.3 Å². The minimum atomic E-state index is -2.73. The summed E-state index contributed by atoms with van der Waals surface area (Å²) in [5.41, 5.74) is 1.03. The Morgan fingerprint density at radius 1 is 1.42 bits per heavy atom. The fraction of sp³-hybridized carbons (Fsp3) is 0.538. The van der Waals surface area contributed by atoms with Crippen molar-refractivity contribution < 1.29 is 18.0 Å². The zero-order valence-corrected chi connectivity index (χ0v) is 11.8. The maximum atomic E-state index is 14.3. The van der Waals surface area contributed by atoms with Crippen molar-refractivity contribution in [2.45, 2.75) is 37.8 Å². The Morgan fingerprint density at radius 2 is 2.16 bits per heavy atom. The lowest BCUT2D eigenvalue weighted by atomic mass is 9.67. The van der Waals surface area contributed by atoms with Crippen LogP contribution in [-0.4, -0.2) is 12.5 Å². The first kappa shape index (κ1) is 13.4. The highest BCUT2D eigenvalue weighted by molar-refractivity contribution is 9.10. The molecule has 0 radical (unpaired) electrons. The van der Waals surface area contributed by atoms with Crippen molar-refractivity contribution in [2.24, 2.45) is 5.92 Å². The van der Waals surface area contributed by atoms with Crippen LogP contribution >= 0.6 is 15.9 Å². The van der Waals surface area contributed by atoms with E-state index in [2.05, 4.69) is 21.4 Å². The molecule has 104 valence electrons. The SMILES string of the molecule is Cc1cc(Br)cc(C2(C(F)F)NOC3CCC32)c1F. The second-order valence-corrected chi connectivity index (χ2v) is 6.11. The lowest BCUT2D eigenvalue weighted by molar-refractivity contribution is -0.0382. The number of rotatable bonds is 2. The number of nitrogens with one attached hydrogen (secondary N) is 1. The average Bonchev–Trinajstić information content (AvgIpc) is 2.56. The average molecular weight is 336 g/mol. The predicted molar refractivity (Wildman–Crippen MR) is 67.3 cm³/mol. The quantitative estimate of drug-likeness (QED) is 0.890. The molecular weight excluding hydrogens is 323 g/mol. The molecule has 1 N–H and O–H groups in total. The smallest absolute Gasteiger partial charge is 0.263 e. The van der Waals surface area contributed by atoms with E-state index < -0.39 is 17.8 Å². The molecule has 3 atom stereocenters. The number of fused-ring (bicyclic) bond motifs is 1. The molecule has 3 unspecified atom stereocenters. The van der Waals surface area contributed by atoms with Crippen LogP contribution in [-0.2, 0) is 10.4 Å². The summed E-state index contributed by atoms with van der Waals surface area (Å²) in [6, 6.07) is 3.00. The third-order valence-electron chi connectivity index (χ3n) is 4.18. The summed E-state index contributed by atoms with van der Waals surface area (Å²) in [6.07, 6.45) is -1.62. The summed E-state index contributed by atoms with van der Waals surface area (Å²) < 4.78 is 42.2. The van der Waals surface area contributed by atoms with Gasteiger partial charge >= 0.3 is 0 Å². The lowest BCUT2D eigenvalue weighted by Crippen LogP contribution is -2.51. The highest BCUT2D eigenvalue weighted by Crippen LogP contribution is 2.52. The first-order valence-corrected chi connectivity index (χ1v) is 6.93. The van der Waals surface area contributed by atoms with Crippen LogP contribution in [0.25, 0.3) is 0 Å². The van der Waals surface area contributed by atoms with E-state index in [4.69, 9.17) is 4.84 Å². The monoisotopic (exact) mass is 335 g/mol. The van der Waals surface area contributed by atoms with E-state index >= 15 is 0 Å². The van der Waals surface area contributed by atoms with Gasteiger partial charge in [0.05, 0.1) is 6.10 Å². The Kier molecular flexibility index (Phi) is 3.15. The third-order valence-corrected chi connectivity index (χ3v) is 4.64. The minimum absolute atomic E-state index is 0.0124. The van der Waals surface area contributed by atoms with Gasteiger partial charge in [-0.3, -0.25) is 4.84 Å². The van der Waals surface area contributed by atoms with Gasteiger partial charge in [0.25, 0.3) is 6.43 Å². The van der Waals surface area contributed by atoms with Gasteiger partial charge in [-0.15, -0.1) is 0 Å². The molecule has 2 fully saturated rings. The fourth-order valence-corrected chi connectivity index (χ4v) is 3.56. The molecule has 2 nitrogen and oxygen atoms in total. The molecule has 2 aliphatic rings. The molecule has 19 heavy (non-hydrogen) atoms. The Morgan fingerprint density at radius 3 is 2.68 bits per heavy atom. The van der Waals surface area contributed by atoms with Crippen molar-refractivity contribution in [1.82, 2.24) is 5.48 Å². The largest absolute Gasteiger partial charge is 0.297 e. The number of hydrogen-bond donors (Lipinski definition) is 1. The Balaban J connectivity index is 2.16. The van der Waals surface area contributed by atoms with Crippen molar-refractivity contribution in [2.75, 3.05) is 0 Å². The molecule has 1 aliphatic carbocycles. The summed E-state index contributed by atoms with van der Waals surface area (Å²) in [7, 11) is 0. The molecule has 0 spiro atoms. The first-order chi connectivity index (χ1) is 8.96. The van der Waals surface area contributed by atoms with E-state index in [9.17, 15) is 13.2 Å². The molecule has 1 aromatic rings. The Hall–Kier alpha value is -0.590. The second kappa shape index (κ2) is 4.46. The van der Waals surface area contributed by atoms with Crippen LogP contribution < -0.4 is 5.48 Å². The van der Waals surface area contributed by atoms with Crippen LogP contribution in [0, 0.1) is 18.7 Å². The third kappa shape index (κ3) is 1.76. The van der Waals surface area contributed by atoms with Crippen molar-refractivity contribution >= 4 is 15.9 Å². The summed E-state index contributed by atoms with van der Waals surface area (Å²) in [6.45, 7) is 1.57. The minimum Gasteiger partial charge on any atom is -0.297 e. The van der Waals surface area contributed by atoms with Crippen molar-refractivity contribution in [3.05, 3.63) is 33.5 Å². The normalized spacial score (nSPS) is 33.4. The van der Waals surface area contributed by atoms with Crippen LogP contribution in [0.4, 0.5) is 13.2 Å². The summed E-state index contributed by atoms with van der Waals surface area (Å²) in [4.78, 5) is 5.21. The van der Waals surface area contributed by atoms with E-state index in [1.54, 1.807) is 13.0 Å². The van der Waals surface area contributed by atoms with Gasteiger partial charge in [0.15, 0.2) is 0 Å². The number of aryl methyl sites for hydroxylation is 1. The molecule has 0 amide bonds. The number of alkyl halides is 2. The van der Waals surface area contributed by atoms with Gasteiger partial charge < -0.3 is 0 Å². The molecule has 0 aromatic heterocycles. The number of halogens is 4. The number of hydrogen-bond acceptors (Lipinski definition) is 2. The fourth-order valence-electron chi connectivity index (χ4n) is 2.99. The van der Waals surface area contributed by atoms with E-state index in [0.717, 1.165) is 6.42 Å². The van der Waals surface area contributed by atoms with Crippen LogP contribution in [0.15, 0.2) is 16.6 Å². The van der Waals surface area contributed by atoms with Gasteiger partial charge in [-0.2, -0.15) is 5.48 Å². The number of benzene rings is 1. The lowest BCUT2D eigenvalue weighted by Gasteiger charge is -2.39. The van der Waals surface area contributed by atoms with Crippen LogP contribution in [0.5, 0.6) is 0 Å². The standard InChI is InChI=1S/C13H13BrF3NO/c1-6-4-7(14)5-9(11(6)15)13(12(16)17)8-2-3-10(8)19-18-13/h4-5,8,10,12,18H,2-3H2,1H3. The van der Waals surface area contributed by atoms with Crippen molar-refractivity contribution in [3.8, 4) is 0 Å². The van der Waals surface area contributed by atoms with Crippen molar-refractivity contribution in [1.29, 1.82) is 0 Å². The van der Waals surface area contributed by atoms with Gasteiger partial charge in [0.1, 0.15) is 11.4 Å². The van der Waals surface area contributed by atoms with E-state index in [1.807, 2.05) is 0 Å². The highest BCUT2D eigenvalue weighted by Gasteiger charge is 2.61. The van der Waals surface area contributed by atoms with E-state index in [1.165, 1.54) is 6.07 Å². The van der Waals surface area contributed by atoms with E-state index in [0.29, 0.717) is 16.5 Å². The highest BCUT2D eigenvalue weighted by atomic mass is 79.9. The molecular formula is C13H13BrF3NO. The number of hydroxylamine groups is 1. The summed E-state index contributed by atoms with van der Waals surface area (Å²) in [5.74, 6) is -0.970. The summed E-state index contributed by atoms with van der Waals surface area (Å²) >= 11 is 3.24. The molecule has 1 aliphatic heterocycles. The molecule has 1 saturated heterocycles. The van der Waals surface area contributed by atoms with Gasteiger partial charge in [-0.05, 0) is 37.5 Å². The Bertz CT molecular complexity index is 525. The van der Waals surface area contributed by atoms with E-state index in [-0.39, 0.29) is 17.6 Å². The van der Waals surface area contributed by atoms with Gasteiger partial charge in [-0.1, -0.05) is 15.9 Å². The first-order valence-electron chi connectivity index (χ1n) is 6.14.